The molecule has 1 saturated heterocycles. The van der Waals surface area contributed by atoms with E-state index in [1.54, 1.807) is 6.07 Å². The van der Waals surface area contributed by atoms with Gasteiger partial charge in [0.2, 0.25) is 0 Å². The summed E-state index contributed by atoms with van der Waals surface area (Å²) in [4.78, 5) is 0. The first-order valence-corrected chi connectivity index (χ1v) is 8.67. The van der Waals surface area contributed by atoms with Crippen molar-refractivity contribution in [3.05, 3.63) is 29.6 Å². The zero-order valence-electron chi connectivity index (χ0n) is 12.0. The largest absolute Gasteiger partial charge is 0.486 e. The monoisotopic (exact) mass is 295 g/mol. The number of hydrogen-bond acceptors (Lipinski definition) is 3. The molecule has 0 saturated carbocycles. The van der Waals surface area contributed by atoms with E-state index in [9.17, 15) is 4.39 Å². The van der Waals surface area contributed by atoms with Crippen molar-refractivity contribution in [2.24, 2.45) is 0 Å². The van der Waals surface area contributed by atoms with Gasteiger partial charge in [0.25, 0.3) is 0 Å². The molecule has 0 aromatic heterocycles. The molecular formula is C16H22FNOS. The summed E-state index contributed by atoms with van der Waals surface area (Å²) in [6.07, 6.45) is 4.38. The van der Waals surface area contributed by atoms with Gasteiger partial charge in [-0.1, -0.05) is 13.0 Å². The van der Waals surface area contributed by atoms with Crippen LogP contribution in [0.15, 0.2) is 18.2 Å². The highest BCUT2D eigenvalue weighted by molar-refractivity contribution is 7.99. The van der Waals surface area contributed by atoms with E-state index in [0.29, 0.717) is 0 Å². The van der Waals surface area contributed by atoms with Crippen LogP contribution in [0.1, 0.15) is 44.2 Å². The molecular weight excluding hydrogens is 273 g/mol. The number of hydrogen-bond donors (Lipinski definition) is 1. The smallest absolute Gasteiger partial charge is 0.127 e. The lowest BCUT2D eigenvalue weighted by Crippen LogP contribution is -2.47. The summed E-state index contributed by atoms with van der Waals surface area (Å²) < 4.78 is 19.8. The third-order valence-corrected chi connectivity index (χ3v) is 5.49. The van der Waals surface area contributed by atoms with Gasteiger partial charge in [0.05, 0.1) is 0 Å². The lowest BCUT2D eigenvalue weighted by molar-refractivity contribution is 0.0409. The van der Waals surface area contributed by atoms with Crippen molar-refractivity contribution in [1.29, 1.82) is 0 Å². The van der Waals surface area contributed by atoms with Crippen molar-refractivity contribution in [1.82, 2.24) is 5.32 Å². The maximum absolute atomic E-state index is 13.5. The number of thioether (sulfide) groups is 1. The Morgan fingerprint density at radius 2 is 2.40 bits per heavy atom. The molecule has 0 aliphatic carbocycles. The summed E-state index contributed by atoms with van der Waals surface area (Å²) in [5, 5.41) is 3.61. The maximum atomic E-state index is 13.5. The van der Waals surface area contributed by atoms with E-state index in [0.717, 1.165) is 42.9 Å². The summed E-state index contributed by atoms with van der Waals surface area (Å²) in [6.45, 7) is 3.16. The van der Waals surface area contributed by atoms with E-state index in [2.05, 4.69) is 12.2 Å². The number of nitrogens with one attached hydrogen (secondary N) is 1. The van der Waals surface area contributed by atoms with E-state index in [1.165, 1.54) is 18.2 Å². The van der Waals surface area contributed by atoms with E-state index in [1.807, 2.05) is 17.8 Å². The van der Waals surface area contributed by atoms with Crippen LogP contribution >= 0.6 is 11.8 Å². The van der Waals surface area contributed by atoms with Crippen LogP contribution < -0.4 is 10.1 Å². The van der Waals surface area contributed by atoms with Crippen LogP contribution in [0.25, 0.3) is 0 Å². The molecule has 2 heterocycles. The Hall–Kier alpha value is -0.740. The SMILES string of the molecule is CCCNC1CC2(CCCSC2)Oc2cc(F)ccc21. The fourth-order valence-electron chi connectivity index (χ4n) is 3.21. The van der Waals surface area contributed by atoms with Crippen LogP contribution in [0.4, 0.5) is 4.39 Å². The number of benzene rings is 1. The molecule has 2 aliphatic heterocycles. The molecule has 3 rings (SSSR count). The zero-order valence-corrected chi connectivity index (χ0v) is 12.8. The molecule has 2 nitrogen and oxygen atoms in total. The van der Waals surface area contributed by atoms with Gasteiger partial charge >= 0.3 is 0 Å². The molecule has 0 bridgehead atoms. The zero-order chi connectivity index (χ0) is 14.0. The van der Waals surface area contributed by atoms with Crippen molar-refractivity contribution < 1.29 is 9.13 Å². The van der Waals surface area contributed by atoms with Gasteiger partial charge < -0.3 is 10.1 Å². The Morgan fingerprint density at radius 3 is 3.15 bits per heavy atom. The van der Waals surface area contributed by atoms with Crippen LogP contribution in [0.2, 0.25) is 0 Å². The molecule has 1 aromatic rings. The second kappa shape index (κ2) is 5.94. The van der Waals surface area contributed by atoms with Crippen molar-refractivity contribution in [3.63, 3.8) is 0 Å². The molecule has 0 amide bonds. The van der Waals surface area contributed by atoms with Crippen LogP contribution in [-0.4, -0.2) is 23.7 Å². The molecule has 0 radical (unpaired) electrons. The number of halogens is 1. The number of ether oxygens (including phenoxy) is 1. The van der Waals surface area contributed by atoms with Crippen LogP contribution in [0.5, 0.6) is 5.75 Å². The van der Waals surface area contributed by atoms with Gasteiger partial charge in [-0.3, -0.25) is 0 Å². The standard InChI is InChI=1S/C16H22FNOS/c1-2-7-18-14-10-16(6-3-8-20-11-16)19-15-9-12(17)4-5-13(14)15/h4-5,9,14,18H,2-3,6-8,10-11H2,1H3. The molecule has 4 heteroatoms. The minimum atomic E-state index is -0.210. The Morgan fingerprint density at radius 1 is 1.50 bits per heavy atom. The van der Waals surface area contributed by atoms with Gasteiger partial charge in [-0.2, -0.15) is 11.8 Å². The minimum Gasteiger partial charge on any atom is -0.486 e. The van der Waals surface area contributed by atoms with E-state index in [4.69, 9.17) is 4.74 Å². The van der Waals surface area contributed by atoms with Gasteiger partial charge in [-0.15, -0.1) is 0 Å². The summed E-state index contributed by atoms with van der Waals surface area (Å²) in [5.74, 6) is 2.77. The summed E-state index contributed by atoms with van der Waals surface area (Å²) >= 11 is 1.96. The summed E-state index contributed by atoms with van der Waals surface area (Å²) in [7, 11) is 0. The van der Waals surface area contributed by atoms with Crippen LogP contribution in [0, 0.1) is 5.82 Å². The molecule has 110 valence electrons. The number of rotatable bonds is 3. The maximum Gasteiger partial charge on any atom is 0.127 e. The summed E-state index contributed by atoms with van der Waals surface area (Å²) in [6, 6.07) is 5.26. The topological polar surface area (TPSA) is 21.3 Å². The first-order valence-electron chi connectivity index (χ1n) is 7.52. The van der Waals surface area contributed by atoms with Gasteiger partial charge in [-0.05, 0) is 37.6 Å². The quantitative estimate of drug-likeness (QED) is 0.913. The molecule has 20 heavy (non-hydrogen) atoms. The normalized spacial score (nSPS) is 29.0. The van der Waals surface area contributed by atoms with Crippen molar-refractivity contribution in [2.45, 2.75) is 44.2 Å². The first kappa shape index (κ1) is 14.2. The second-order valence-electron chi connectivity index (χ2n) is 5.83. The predicted octanol–water partition coefficient (Wildman–Crippen LogP) is 3.91. The molecule has 1 aromatic carbocycles. The average molecular weight is 295 g/mol. The van der Waals surface area contributed by atoms with Crippen molar-refractivity contribution >= 4 is 11.8 Å². The van der Waals surface area contributed by atoms with Crippen molar-refractivity contribution in [3.8, 4) is 5.75 Å². The van der Waals surface area contributed by atoms with Crippen LogP contribution in [-0.2, 0) is 0 Å². The van der Waals surface area contributed by atoms with Gasteiger partial charge in [0.15, 0.2) is 0 Å². The lowest BCUT2D eigenvalue weighted by atomic mass is 9.85. The Kier molecular flexibility index (Phi) is 4.22. The average Bonchev–Trinajstić information content (AvgIpc) is 2.45. The van der Waals surface area contributed by atoms with E-state index >= 15 is 0 Å². The first-order chi connectivity index (χ1) is 9.72. The lowest BCUT2D eigenvalue weighted by Gasteiger charge is -2.44. The Labute approximate surface area is 124 Å². The highest BCUT2D eigenvalue weighted by atomic mass is 32.2. The molecule has 1 N–H and O–H groups in total. The highest BCUT2D eigenvalue weighted by Gasteiger charge is 2.42. The van der Waals surface area contributed by atoms with Crippen LogP contribution in [0.3, 0.4) is 0 Å². The minimum absolute atomic E-state index is 0.102. The van der Waals surface area contributed by atoms with Gasteiger partial charge in [0.1, 0.15) is 17.2 Å². The van der Waals surface area contributed by atoms with Gasteiger partial charge in [-0.25, -0.2) is 4.39 Å². The molecule has 1 fully saturated rings. The second-order valence-corrected chi connectivity index (χ2v) is 6.94. The Bertz CT molecular complexity index is 474. The van der Waals surface area contributed by atoms with E-state index < -0.39 is 0 Å². The van der Waals surface area contributed by atoms with E-state index in [-0.39, 0.29) is 17.5 Å². The van der Waals surface area contributed by atoms with Gasteiger partial charge in [0, 0.05) is 29.8 Å². The fourth-order valence-corrected chi connectivity index (χ4v) is 4.40. The molecule has 2 unspecified atom stereocenters. The highest BCUT2D eigenvalue weighted by Crippen LogP contribution is 2.45. The third kappa shape index (κ3) is 2.82. The third-order valence-electron chi connectivity index (χ3n) is 4.18. The fraction of sp³-hybridized carbons (Fsp3) is 0.625. The Balaban J connectivity index is 1.90. The molecule has 1 spiro atoms. The summed E-state index contributed by atoms with van der Waals surface area (Å²) in [5.41, 5.74) is 1.01. The molecule has 2 aliphatic rings. The van der Waals surface area contributed by atoms with Crippen molar-refractivity contribution in [2.75, 3.05) is 18.1 Å². The number of fused-ring (bicyclic) bond motifs is 1. The predicted molar refractivity (Wildman–Crippen MR) is 82.0 cm³/mol. The molecule has 2 atom stereocenters.